The largest absolute Gasteiger partial charge is 0.474 e. The van der Waals surface area contributed by atoms with E-state index in [4.69, 9.17) is 10.6 Å². The zero-order chi connectivity index (χ0) is 13.2. The van der Waals surface area contributed by atoms with Crippen LogP contribution in [0.4, 0.5) is 19.0 Å². The Morgan fingerprint density at radius 1 is 1.28 bits per heavy atom. The SMILES string of the molecule is NNc1cc(C(F)(F)F)cc(OC2CCCC2)n1. The number of hydrazine groups is 1. The monoisotopic (exact) mass is 261 g/mol. The van der Waals surface area contributed by atoms with E-state index in [0.29, 0.717) is 0 Å². The van der Waals surface area contributed by atoms with Gasteiger partial charge in [-0.3, -0.25) is 0 Å². The molecule has 0 amide bonds. The van der Waals surface area contributed by atoms with Gasteiger partial charge < -0.3 is 10.2 Å². The number of alkyl halides is 3. The number of rotatable bonds is 3. The summed E-state index contributed by atoms with van der Waals surface area (Å²) < 4.78 is 43.4. The molecule has 0 aliphatic heterocycles. The minimum atomic E-state index is -4.44. The molecule has 0 atom stereocenters. The Morgan fingerprint density at radius 2 is 1.94 bits per heavy atom. The molecular formula is C11H14F3N3O. The standard InChI is InChI=1S/C11H14F3N3O/c12-11(13,14)7-5-9(17-15)16-10(6-7)18-8-3-1-2-4-8/h5-6,8H,1-4,15H2,(H,16,17). The first kappa shape index (κ1) is 12.9. The second kappa shape index (κ2) is 5.01. The van der Waals surface area contributed by atoms with Crippen LogP contribution in [0.2, 0.25) is 0 Å². The lowest BCUT2D eigenvalue weighted by molar-refractivity contribution is -0.137. The summed E-state index contributed by atoms with van der Waals surface area (Å²) in [6, 6.07) is 1.75. The highest BCUT2D eigenvalue weighted by Gasteiger charge is 2.32. The summed E-state index contributed by atoms with van der Waals surface area (Å²) in [7, 11) is 0. The molecule has 2 rings (SSSR count). The third-order valence-corrected chi connectivity index (χ3v) is 2.87. The molecule has 1 fully saturated rings. The van der Waals surface area contributed by atoms with E-state index in [1.807, 2.05) is 0 Å². The van der Waals surface area contributed by atoms with Gasteiger partial charge in [-0.05, 0) is 31.7 Å². The second-order valence-corrected chi connectivity index (χ2v) is 4.25. The molecule has 0 saturated heterocycles. The number of halogens is 3. The smallest absolute Gasteiger partial charge is 0.416 e. The van der Waals surface area contributed by atoms with Crippen molar-refractivity contribution in [2.24, 2.45) is 5.84 Å². The van der Waals surface area contributed by atoms with Crippen LogP contribution in [0, 0.1) is 0 Å². The third kappa shape index (κ3) is 3.04. The van der Waals surface area contributed by atoms with Crippen LogP contribution in [-0.2, 0) is 6.18 Å². The fraction of sp³-hybridized carbons (Fsp3) is 0.545. The van der Waals surface area contributed by atoms with E-state index in [-0.39, 0.29) is 17.8 Å². The maximum atomic E-state index is 12.6. The molecule has 0 radical (unpaired) electrons. The predicted molar refractivity (Wildman–Crippen MR) is 59.9 cm³/mol. The van der Waals surface area contributed by atoms with Crippen LogP contribution in [0.3, 0.4) is 0 Å². The fourth-order valence-corrected chi connectivity index (χ4v) is 1.98. The number of pyridine rings is 1. The van der Waals surface area contributed by atoms with Crippen molar-refractivity contribution >= 4 is 5.82 Å². The summed E-state index contributed by atoms with van der Waals surface area (Å²) in [6.45, 7) is 0. The van der Waals surface area contributed by atoms with E-state index in [2.05, 4.69) is 10.4 Å². The van der Waals surface area contributed by atoms with E-state index in [0.717, 1.165) is 37.8 Å². The van der Waals surface area contributed by atoms with Crippen molar-refractivity contribution in [3.8, 4) is 5.88 Å². The Labute approximate surface area is 102 Å². The van der Waals surface area contributed by atoms with Crippen LogP contribution >= 0.6 is 0 Å². The lowest BCUT2D eigenvalue weighted by Crippen LogP contribution is -2.16. The van der Waals surface area contributed by atoms with Gasteiger partial charge in [0.1, 0.15) is 11.9 Å². The van der Waals surface area contributed by atoms with Gasteiger partial charge in [0.2, 0.25) is 5.88 Å². The zero-order valence-electron chi connectivity index (χ0n) is 9.63. The highest BCUT2D eigenvalue weighted by molar-refractivity contribution is 5.41. The van der Waals surface area contributed by atoms with Crippen molar-refractivity contribution in [2.45, 2.75) is 38.0 Å². The van der Waals surface area contributed by atoms with Crippen LogP contribution < -0.4 is 16.0 Å². The van der Waals surface area contributed by atoms with Crippen molar-refractivity contribution in [2.75, 3.05) is 5.43 Å². The minimum Gasteiger partial charge on any atom is -0.474 e. The maximum absolute atomic E-state index is 12.6. The normalized spacial score (nSPS) is 16.9. The van der Waals surface area contributed by atoms with Crippen molar-refractivity contribution in [3.63, 3.8) is 0 Å². The molecule has 1 aliphatic carbocycles. The minimum absolute atomic E-state index is 0.0373. The summed E-state index contributed by atoms with van der Waals surface area (Å²) >= 11 is 0. The molecule has 0 aromatic carbocycles. The summed E-state index contributed by atoms with van der Waals surface area (Å²) in [4.78, 5) is 3.87. The number of ether oxygens (including phenoxy) is 1. The molecule has 1 heterocycles. The Bertz CT molecular complexity index is 416. The van der Waals surface area contributed by atoms with Crippen LogP contribution in [0.25, 0.3) is 0 Å². The summed E-state index contributed by atoms with van der Waals surface area (Å²) in [5.74, 6) is 5.01. The molecule has 1 aromatic rings. The molecule has 1 aliphatic rings. The van der Waals surface area contributed by atoms with Gasteiger partial charge in [0, 0.05) is 6.07 Å². The van der Waals surface area contributed by atoms with E-state index in [1.165, 1.54) is 0 Å². The van der Waals surface area contributed by atoms with Crippen molar-refractivity contribution in [1.82, 2.24) is 4.98 Å². The van der Waals surface area contributed by atoms with Crippen molar-refractivity contribution in [1.29, 1.82) is 0 Å². The van der Waals surface area contributed by atoms with Crippen molar-refractivity contribution < 1.29 is 17.9 Å². The van der Waals surface area contributed by atoms with Gasteiger partial charge in [0.05, 0.1) is 5.56 Å². The number of nitrogens with zero attached hydrogens (tertiary/aromatic N) is 1. The molecule has 0 bridgehead atoms. The molecule has 0 unspecified atom stereocenters. The third-order valence-electron chi connectivity index (χ3n) is 2.87. The Morgan fingerprint density at radius 3 is 2.50 bits per heavy atom. The van der Waals surface area contributed by atoms with Gasteiger partial charge in [-0.2, -0.15) is 18.2 Å². The average Bonchev–Trinajstić information content (AvgIpc) is 2.80. The van der Waals surface area contributed by atoms with E-state index in [9.17, 15) is 13.2 Å². The van der Waals surface area contributed by atoms with Gasteiger partial charge in [0.15, 0.2) is 0 Å². The van der Waals surface area contributed by atoms with Gasteiger partial charge in [-0.1, -0.05) is 0 Å². The predicted octanol–water partition coefficient (Wildman–Crippen LogP) is 2.71. The van der Waals surface area contributed by atoms with Crippen LogP contribution in [0.1, 0.15) is 31.2 Å². The number of nitrogens with two attached hydrogens (primary N) is 1. The number of nitrogen functional groups attached to an aromatic ring is 1. The molecule has 1 aromatic heterocycles. The lowest BCUT2D eigenvalue weighted by atomic mass is 10.2. The number of hydrogen-bond donors (Lipinski definition) is 2. The first-order valence-electron chi connectivity index (χ1n) is 5.71. The molecule has 100 valence electrons. The zero-order valence-corrected chi connectivity index (χ0v) is 9.63. The van der Waals surface area contributed by atoms with E-state index in [1.54, 1.807) is 0 Å². The van der Waals surface area contributed by atoms with Crippen LogP contribution in [0.5, 0.6) is 5.88 Å². The van der Waals surface area contributed by atoms with Crippen molar-refractivity contribution in [3.05, 3.63) is 17.7 Å². The number of hydrogen-bond acceptors (Lipinski definition) is 4. The molecule has 7 heteroatoms. The first-order chi connectivity index (χ1) is 8.49. The van der Waals surface area contributed by atoms with E-state index >= 15 is 0 Å². The first-order valence-corrected chi connectivity index (χ1v) is 5.71. The Balaban J connectivity index is 2.23. The lowest BCUT2D eigenvalue weighted by Gasteiger charge is -2.15. The highest BCUT2D eigenvalue weighted by Crippen LogP contribution is 2.33. The molecule has 18 heavy (non-hydrogen) atoms. The molecule has 0 spiro atoms. The second-order valence-electron chi connectivity index (χ2n) is 4.25. The number of aromatic nitrogens is 1. The molecule has 4 nitrogen and oxygen atoms in total. The molecular weight excluding hydrogens is 247 g/mol. The highest BCUT2D eigenvalue weighted by atomic mass is 19.4. The van der Waals surface area contributed by atoms with Gasteiger partial charge >= 0.3 is 6.18 Å². The molecule has 1 saturated carbocycles. The van der Waals surface area contributed by atoms with Crippen LogP contribution in [-0.4, -0.2) is 11.1 Å². The quantitative estimate of drug-likeness (QED) is 0.648. The molecule has 3 N–H and O–H groups in total. The van der Waals surface area contributed by atoms with E-state index < -0.39 is 11.7 Å². The van der Waals surface area contributed by atoms with Gasteiger partial charge in [-0.25, -0.2) is 5.84 Å². The summed E-state index contributed by atoms with van der Waals surface area (Å²) in [5, 5.41) is 0. The maximum Gasteiger partial charge on any atom is 0.416 e. The Hall–Kier alpha value is -1.50. The van der Waals surface area contributed by atoms with Gasteiger partial charge in [0.25, 0.3) is 0 Å². The van der Waals surface area contributed by atoms with Gasteiger partial charge in [-0.15, -0.1) is 0 Å². The number of anilines is 1. The Kier molecular flexibility index (Phi) is 3.60. The van der Waals surface area contributed by atoms with Crippen LogP contribution in [0.15, 0.2) is 12.1 Å². The number of nitrogens with one attached hydrogen (secondary N) is 1. The fourth-order valence-electron chi connectivity index (χ4n) is 1.98. The summed E-state index contributed by atoms with van der Waals surface area (Å²) in [5.41, 5.74) is 1.29. The average molecular weight is 261 g/mol. The topological polar surface area (TPSA) is 60.2 Å². The summed E-state index contributed by atoms with van der Waals surface area (Å²) in [6.07, 6.45) is -0.724.